The van der Waals surface area contributed by atoms with Gasteiger partial charge in [-0.2, -0.15) is 0 Å². The molecule has 3 aromatic carbocycles. The van der Waals surface area contributed by atoms with Crippen molar-refractivity contribution in [1.29, 1.82) is 0 Å². The highest BCUT2D eigenvalue weighted by molar-refractivity contribution is 9.10. The number of hydrogen-bond donors (Lipinski definition) is 1. The zero-order valence-electron chi connectivity index (χ0n) is 15.6. The van der Waals surface area contributed by atoms with Gasteiger partial charge in [-0.25, -0.2) is 4.98 Å². The molecule has 0 atom stereocenters. The number of ether oxygens (including phenoxy) is 2. The second-order valence-electron chi connectivity index (χ2n) is 6.25. The summed E-state index contributed by atoms with van der Waals surface area (Å²) < 4.78 is 11.5. The zero-order chi connectivity index (χ0) is 19.5. The molecule has 0 amide bonds. The number of aromatic amines is 1. The summed E-state index contributed by atoms with van der Waals surface area (Å²) in [6.45, 7) is 0. The summed E-state index contributed by atoms with van der Waals surface area (Å²) in [7, 11) is 3.32. The van der Waals surface area contributed by atoms with Gasteiger partial charge >= 0.3 is 0 Å². The van der Waals surface area contributed by atoms with Gasteiger partial charge in [0.1, 0.15) is 17.3 Å². The number of rotatable bonds is 5. The minimum atomic E-state index is 0.786. The normalized spacial score (nSPS) is 10.7. The summed E-state index contributed by atoms with van der Waals surface area (Å²) >= 11 is 3.56. The van der Waals surface area contributed by atoms with E-state index in [1.165, 1.54) is 0 Å². The molecular formula is C23H19BrN2O2. The number of halogens is 1. The minimum Gasteiger partial charge on any atom is -0.497 e. The quantitative estimate of drug-likeness (QED) is 0.407. The number of nitrogens with one attached hydrogen (secondary N) is 1. The molecule has 0 aliphatic carbocycles. The Morgan fingerprint density at radius 1 is 0.786 bits per heavy atom. The molecule has 0 unspecified atom stereocenters. The molecule has 1 aromatic heterocycles. The first-order valence-electron chi connectivity index (χ1n) is 8.83. The number of methoxy groups -OCH3 is 2. The second-order valence-corrected chi connectivity index (χ2v) is 7.11. The van der Waals surface area contributed by atoms with Gasteiger partial charge in [0.15, 0.2) is 0 Å². The summed E-state index contributed by atoms with van der Waals surface area (Å²) in [6, 6.07) is 24.1. The number of benzene rings is 3. The third-order valence-electron chi connectivity index (χ3n) is 4.55. The molecule has 0 spiro atoms. The Bertz CT molecular complexity index is 1090. The van der Waals surface area contributed by atoms with Crippen LogP contribution < -0.4 is 9.47 Å². The van der Waals surface area contributed by atoms with E-state index in [0.717, 1.165) is 49.9 Å². The van der Waals surface area contributed by atoms with Gasteiger partial charge in [-0.3, -0.25) is 0 Å². The number of aromatic nitrogens is 2. The van der Waals surface area contributed by atoms with Crippen LogP contribution in [-0.2, 0) is 0 Å². The average Bonchev–Trinajstić information content (AvgIpc) is 3.20. The predicted octanol–water partition coefficient (Wildman–Crippen LogP) is 6.19. The predicted molar refractivity (Wildman–Crippen MR) is 116 cm³/mol. The maximum Gasteiger partial charge on any atom is 0.138 e. The second kappa shape index (κ2) is 7.90. The van der Waals surface area contributed by atoms with Gasteiger partial charge in [0, 0.05) is 16.7 Å². The summed E-state index contributed by atoms with van der Waals surface area (Å²) in [4.78, 5) is 8.42. The Morgan fingerprint density at radius 3 is 2.14 bits per heavy atom. The van der Waals surface area contributed by atoms with E-state index < -0.39 is 0 Å². The lowest BCUT2D eigenvalue weighted by molar-refractivity contribution is 0.412. The van der Waals surface area contributed by atoms with Crippen molar-refractivity contribution in [3.8, 4) is 45.4 Å². The molecule has 0 aliphatic heterocycles. The highest BCUT2D eigenvalue weighted by atomic mass is 79.9. The smallest absolute Gasteiger partial charge is 0.138 e. The maximum absolute atomic E-state index is 5.34. The largest absolute Gasteiger partial charge is 0.497 e. The van der Waals surface area contributed by atoms with Gasteiger partial charge in [-0.1, -0.05) is 30.3 Å². The Labute approximate surface area is 172 Å². The molecule has 28 heavy (non-hydrogen) atoms. The summed E-state index contributed by atoms with van der Waals surface area (Å²) in [5.74, 6) is 2.41. The van der Waals surface area contributed by atoms with Crippen molar-refractivity contribution in [3.63, 3.8) is 0 Å². The zero-order valence-corrected chi connectivity index (χ0v) is 17.2. The van der Waals surface area contributed by atoms with Crippen molar-refractivity contribution in [1.82, 2.24) is 9.97 Å². The minimum absolute atomic E-state index is 0.786. The highest BCUT2D eigenvalue weighted by Crippen LogP contribution is 2.35. The molecule has 0 fully saturated rings. The van der Waals surface area contributed by atoms with Crippen LogP contribution in [0.15, 0.2) is 77.3 Å². The van der Waals surface area contributed by atoms with Crippen LogP contribution in [0.4, 0.5) is 0 Å². The van der Waals surface area contributed by atoms with Gasteiger partial charge < -0.3 is 14.5 Å². The van der Waals surface area contributed by atoms with E-state index in [9.17, 15) is 0 Å². The lowest BCUT2D eigenvalue weighted by atomic mass is 10.1. The van der Waals surface area contributed by atoms with Crippen LogP contribution in [0.2, 0.25) is 0 Å². The van der Waals surface area contributed by atoms with Gasteiger partial charge in [-0.15, -0.1) is 0 Å². The van der Waals surface area contributed by atoms with Crippen molar-refractivity contribution >= 4 is 15.9 Å². The number of imidazole rings is 1. The maximum atomic E-state index is 5.34. The Hall–Kier alpha value is -3.05. The van der Waals surface area contributed by atoms with E-state index in [2.05, 4.69) is 33.0 Å². The molecule has 1 N–H and O–H groups in total. The molecule has 0 saturated carbocycles. The summed E-state index contributed by atoms with van der Waals surface area (Å²) in [5, 5.41) is 0. The first-order chi connectivity index (χ1) is 13.7. The summed E-state index contributed by atoms with van der Waals surface area (Å²) in [5.41, 5.74) is 4.96. The molecule has 140 valence electrons. The number of nitrogens with zero attached hydrogens (tertiary/aromatic N) is 1. The number of hydrogen-bond acceptors (Lipinski definition) is 3. The molecule has 0 bridgehead atoms. The van der Waals surface area contributed by atoms with E-state index in [0.29, 0.717) is 0 Å². The van der Waals surface area contributed by atoms with Gasteiger partial charge in [0.2, 0.25) is 0 Å². The molecule has 1 heterocycles. The van der Waals surface area contributed by atoms with E-state index >= 15 is 0 Å². The van der Waals surface area contributed by atoms with E-state index in [4.69, 9.17) is 14.5 Å². The molecular weight excluding hydrogens is 416 g/mol. The molecule has 0 saturated heterocycles. The third-order valence-corrected chi connectivity index (χ3v) is 5.17. The highest BCUT2D eigenvalue weighted by Gasteiger charge is 2.16. The fourth-order valence-corrected chi connectivity index (χ4v) is 3.64. The van der Waals surface area contributed by atoms with Crippen LogP contribution in [0.25, 0.3) is 33.9 Å². The lowest BCUT2D eigenvalue weighted by Crippen LogP contribution is -1.86. The van der Waals surface area contributed by atoms with Gasteiger partial charge in [0.05, 0.1) is 30.1 Å². The van der Waals surface area contributed by atoms with Crippen LogP contribution in [0.3, 0.4) is 0 Å². The van der Waals surface area contributed by atoms with Gasteiger partial charge in [-0.05, 0) is 58.4 Å². The Morgan fingerprint density at radius 2 is 1.50 bits per heavy atom. The third kappa shape index (κ3) is 3.53. The molecule has 4 nitrogen and oxygen atoms in total. The van der Waals surface area contributed by atoms with E-state index in [-0.39, 0.29) is 0 Å². The molecule has 0 aliphatic rings. The topological polar surface area (TPSA) is 47.1 Å². The van der Waals surface area contributed by atoms with Crippen LogP contribution in [-0.4, -0.2) is 24.2 Å². The summed E-state index contributed by atoms with van der Waals surface area (Å²) in [6.07, 6.45) is 0. The SMILES string of the molecule is COc1ccc(-c2[nH]c(-c3ccc(OC)c(Br)c3)nc2-c2ccccc2)cc1. The van der Waals surface area contributed by atoms with Crippen LogP contribution in [0.1, 0.15) is 0 Å². The Balaban J connectivity index is 1.85. The first-order valence-corrected chi connectivity index (χ1v) is 9.62. The lowest BCUT2D eigenvalue weighted by Gasteiger charge is -2.05. The monoisotopic (exact) mass is 434 g/mol. The van der Waals surface area contributed by atoms with E-state index in [1.54, 1.807) is 14.2 Å². The van der Waals surface area contributed by atoms with Crippen molar-refractivity contribution in [3.05, 3.63) is 77.3 Å². The fraction of sp³-hybridized carbons (Fsp3) is 0.0870. The average molecular weight is 435 g/mol. The number of H-pyrrole nitrogens is 1. The van der Waals surface area contributed by atoms with Crippen LogP contribution >= 0.6 is 15.9 Å². The molecule has 5 heteroatoms. The molecule has 4 aromatic rings. The van der Waals surface area contributed by atoms with Crippen LogP contribution in [0.5, 0.6) is 11.5 Å². The van der Waals surface area contributed by atoms with E-state index in [1.807, 2.05) is 60.7 Å². The van der Waals surface area contributed by atoms with Gasteiger partial charge in [0.25, 0.3) is 0 Å². The van der Waals surface area contributed by atoms with Crippen molar-refractivity contribution in [2.24, 2.45) is 0 Å². The van der Waals surface area contributed by atoms with Crippen molar-refractivity contribution in [2.45, 2.75) is 0 Å². The van der Waals surface area contributed by atoms with Crippen molar-refractivity contribution in [2.75, 3.05) is 14.2 Å². The fourth-order valence-electron chi connectivity index (χ4n) is 3.10. The standard InChI is InChI=1S/C23H19BrN2O2/c1-27-18-11-8-16(9-12-18)22-21(15-6-4-3-5-7-15)25-23(26-22)17-10-13-20(28-2)19(24)14-17/h3-14H,1-2H3,(H,25,26). The molecule has 4 rings (SSSR count). The first kappa shape index (κ1) is 18.3. The molecule has 0 radical (unpaired) electrons. The van der Waals surface area contributed by atoms with Crippen molar-refractivity contribution < 1.29 is 9.47 Å². The van der Waals surface area contributed by atoms with Crippen LogP contribution in [0, 0.1) is 0 Å². The Kier molecular flexibility index (Phi) is 5.17.